The van der Waals surface area contributed by atoms with E-state index in [1.807, 2.05) is 0 Å². The first-order chi connectivity index (χ1) is 10.0. The minimum atomic E-state index is -0.679. The van der Waals surface area contributed by atoms with Gasteiger partial charge in [-0.25, -0.2) is 9.18 Å². The topological polar surface area (TPSA) is 104 Å². The highest BCUT2D eigenvalue weighted by atomic mass is 19.1. The molecular weight excluding hydrogens is 277 g/mol. The normalized spacial score (nSPS) is 9.43. The predicted molar refractivity (Wildman–Crippen MR) is 74.9 cm³/mol. The van der Waals surface area contributed by atoms with Gasteiger partial charge in [-0.3, -0.25) is 4.79 Å². The quantitative estimate of drug-likeness (QED) is 0.452. The van der Waals surface area contributed by atoms with Crippen molar-refractivity contribution in [1.29, 1.82) is 0 Å². The number of urea groups is 1. The lowest BCUT2D eigenvalue weighted by atomic mass is 10.1. The van der Waals surface area contributed by atoms with Crippen LogP contribution in [0.1, 0.15) is 22.3 Å². The average molecular weight is 293 g/mol. The highest BCUT2D eigenvalue weighted by Gasteiger charge is 2.10. The van der Waals surface area contributed by atoms with Crippen molar-refractivity contribution in [3.63, 3.8) is 0 Å². The molecule has 0 atom stereocenters. The van der Waals surface area contributed by atoms with E-state index in [0.717, 1.165) is 12.1 Å². The molecule has 0 aliphatic heterocycles. The number of halogens is 1. The maximum Gasteiger partial charge on any atom is 0.312 e. The summed E-state index contributed by atoms with van der Waals surface area (Å²) in [7, 11) is 0. The Labute approximate surface area is 121 Å². The van der Waals surface area contributed by atoms with Crippen molar-refractivity contribution < 1.29 is 19.1 Å². The number of nitrogens with one attached hydrogen (secondary N) is 2. The Morgan fingerprint density at radius 2 is 2.00 bits per heavy atom. The number of rotatable bonds is 5. The maximum absolute atomic E-state index is 13.2. The third kappa shape index (κ3) is 5.93. The number of aliphatic hydroxyl groups is 1. The van der Waals surface area contributed by atoms with Crippen LogP contribution in [-0.2, 0) is 0 Å². The van der Waals surface area contributed by atoms with Crippen LogP contribution >= 0.6 is 0 Å². The van der Waals surface area contributed by atoms with Gasteiger partial charge in [0.05, 0.1) is 12.2 Å². The van der Waals surface area contributed by atoms with Crippen LogP contribution in [0.5, 0.6) is 0 Å². The SMILES string of the molecule is NC(=O)NCCNC(=O)c1ccc(F)cc1C#CCCO. The van der Waals surface area contributed by atoms with Gasteiger partial charge in [0.1, 0.15) is 5.82 Å². The van der Waals surface area contributed by atoms with Gasteiger partial charge in [-0.2, -0.15) is 0 Å². The number of benzene rings is 1. The molecule has 21 heavy (non-hydrogen) atoms. The molecule has 1 rings (SSSR count). The lowest BCUT2D eigenvalue weighted by Gasteiger charge is -2.07. The zero-order valence-corrected chi connectivity index (χ0v) is 11.3. The summed E-state index contributed by atoms with van der Waals surface area (Å²) in [5.74, 6) is 4.34. The molecule has 0 unspecified atom stereocenters. The Balaban J connectivity index is 2.74. The van der Waals surface area contributed by atoms with Gasteiger partial charge in [-0.05, 0) is 18.2 Å². The number of hydrogen-bond donors (Lipinski definition) is 4. The van der Waals surface area contributed by atoms with Crippen LogP contribution in [0.15, 0.2) is 18.2 Å². The fourth-order valence-electron chi connectivity index (χ4n) is 1.49. The summed E-state index contributed by atoms with van der Waals surface area (Å²) in [5, 5.41) is 13.5. The van der Waals surface area contributed by atoms with Crippen molar-refractivity contribution in [2.45, 2.75) is 6.42 Å². The molecule has 5 N–H and O–H groups in total. The van der Waals surface area contributed by atoms with Crippen molar-refractivity contribution in [3.05, 3.63) is 35.1 Å². The Kier molecular flexibility index (Phi) is 6.71. The average Bonchev–Trinajstić information content (AvgIpc) is 2.43. The lowest BCUT2D eigenvalue weighted by Crippen LogP contribution is -2.37. The summed E-state index contributed by atoms with van der Waals surface area (Å²) < 4.78 is 13.2. The number of aliphatic hydroxyl groups excluding tert-OH is 1. The summed E-state index contributed by atoms with van der Waals surface area (Å²) in [4.78, 5) is 22.4. The van der Waals surface area contributed by atoms with Gasteiger partial charge in [-0.15, -0.1) is 0 Å². The summed E-state index contributed by atoms with van der Waals surface area (Å²) in [5.41, 5.74) is 5.35. The monoisotopic (exact) mass is 293 g/mol. The molecule has 0 aromatic heterocycles. The van der Waals surface area contributed by atoms with E-state index in [4.69, 9.17) is 10.8 Å². The second kappa shape index (κ2) is 8.55. The van der Waals surface area contributed by atoms with E-state index >= 15 is 0 Å². The first-order valence-corrected chi connectivity index (χ1v) is 6.25. The van der Waals surface area contributed by atoms with E-state index in [1.165, 1.54) is 6.07 Å². The van der Waals surface area contributed by atoms with Crippen molar-refractivity contribution >= 4 is 11.9 Å². The molecule has 0 aliphatic rings. The van der Waals surface area contributed by atoms with E-state index in [0.29, 0.717) is 0 Å². The highest BCUT2D eigenvalue weighted by Crippen LogP contribution is 2.10. The predicted octanol–water partition coefficient (Wildman–Crippen LogP) is -0.0423. The molecule has 0 heterocycles. The van der Waals surface area contributed by atoms with Crippen LogP contribution in [0.3, 0.4) is 0 Å². The van der Waals surface area contributed by atoms with E-state index < -0.39 is 17.8 Å². The molecule has 6 nitrogen and oxygen atoms in total. The molecule has 0 aliphatic carbocycles. The molecule has 1 aromatic carbocycles. The maximum atomic E-state index is 13.2. The van der Waals surface area contributed by atoms with Gasteiger partial charge in [0.15, 0.2) is 0 Å². The highest BCUT2D eigenvalue weighted by molar-refractivity contribution is 5.96. The first kappa shape index (κ1) is 16.5. The third-order valence-corrected chi connectivity index (χ3v) is 2.40. The minimum absolute atomic E-state index is 0.108. The minimum Gasteiger partial charge on any atom is -0.395 e. The summed E-state index contributed by atoms with van der Waals surface area (Å²) >= 11 is 0. The smallest absolute Gasteiger partial charge is 0.312 e. The number of primary amides is 1. The Bertz CT molecular complexity index is 579. The molecule has 0 fully saturated rings. The van der Waals surface area contributed by atoms with E-state index in [1.54, 1.807) is 0 Å². The summed E-state index contributed by atoms with van der Waals surface area (Å²) in [6, 6.07) is 2.96. The van der Waals surface area contributed by atoms with Gasteiger partial charge in [0, 0.05) is 25.1 Å². The largest absolute Gasteiger partial charge is 0.395 e. The van der Waals surface area contributed by atoms with Crippen LogP contribution in [0.2, 0.25) is 0 Å². The number of amides is 3. The molecule has 0 radical (unpaired) electrons. The number of carbonyl (C=O) groups is 2. The fourth-order valence-corrected chi connectivity index (χ4v) is 1.49. The fraction of sp³-hybridized carbons (Fsp3) is 0.286. The Morgan fingerprint density at radius 3 is 2.67 bits per heavy atom. The number of carbonyl (C=O) groups excluding carboxylic acids is 2. The standard InChI is InChI=1S/C14H16FN3O3/c15-11-4-5-12(10(9-11)3-1-2-8-19)13(20)17-6-7-18-14(16)21/h4-5,9,19H,2,6-8H2,(H,17,20)(H3,16,18,21). The molecule has 0 saturated carbocycles. The first-order valence-electron chi connectivity index (χ1n) is 6.25. The van der Waals surface area contributed by atoms with Crippen LogP contribution in [0, 0.1) is 17.7 Å². The molecule has 0 spiro atoms. The van der Waals surface area contributed by atoms with Crippen LogP contribution in [-0.4, -0.2) is 36.7 Å². The van der Waals surface area contributed by atoms with Gasteiger partial charge in [-0.1, -0.05) is 11.8 Å². The number of hydrogen-bond acceptors (Lipinski definition) is 3. The van der Waals surface area contributed by atoms with Crippen LogP contribution < -0.4 is 16.4 Å². The van der Waals surface area contributed by atoms with E-state index in [-0.39, 0.29) is 37.2 Å². The Morgan fingerprint density at radius 1 is 1.29 bits per heavy atom. The third-order valence-electron chi connectivity index (χ3n) is 2.40. The van der Waals surface area contributed by atoms with Crippen molar-refractivity contribution in [2.75, 3.05) is 19.7 Å². The second-order valence-corrected chi connectivity index (χ2v) is 4.01. The molecule has 7 heteroatoms. The zero-order chi connectivity index (χ0) is 15.7. The Hall–Kier alpha value is -2.59. The molecular formula is C14H16FN3O3. The number of nitrogens with two attached hydrogens (primary N) is 1. The molecule has 112 valence electrons. The van der Waals surface area contributed by atoms with Crippen molar-refractivity contribution in [2.24, 2.45) is 5.73 Å². The molecule has 0 bridgehead atoms. The second-order valence-electron chi connectivity index (χ2n) is 4.01. The zero-order valence-electron chi connectivity index (χ0n) is 11.3. The van der Waals surface area contributed by atoms with Crippen molar-refractivity contribution in [1.82, 2.24) is 10.6 Å². The lowest BCUT2D eigenvalue weighted by molar-refractivity contribution is 0.0953. The summed E-state index contributed by atoms with van der Waals surface area (Å²) in [6.07, 6.45) is 0.236. The molecule has 0 saturated heterocycles. The van der Waals surface area contributed by atoms with E-state index in [9.17, 15) is 14.0 Å². The van der Waals surface area contributed by atoms with Gasteiger partial charge in [0.25, 0.3) is 5.91 Å². The van der Waals surface area contributed by atoms with Gasteiger partial charge >= 0.3 is 6.03 Å². The molecule has 3 amide bonds. The van der Waals surface area contributed by atoms with Gasteiger partial charge < -0.3 is 21.5 Å². The van der Waals surface area contributed by atoms with Crippen LogP contribution in [0.25, 0.3) is 0 Å². The van der Waals surface area contributed by atoms with Crippen LogP contribution in [0.4, 0.5) is 9.18 Å². The summed E-state index contributed by atoms with van der Waals surface area (Å²) in [6.45, 7) is 0.263. The van der Waals surface area contributed by atoms with E-state index in [2.05, 4.69) is 22.5 Å². The van der Waals surface area contributed by atoms with Gasteiger partial charge in [0.2, 0.25) is 0 Å². The van der Waals surface area contributed by atoms with Crippen molar-refractivity contribution in [3.8, 4) is 11.8 Å². The molecule has 1 aromatic rings.